The number of carboxylic acids is 1. The van der Waals surface area contributed by atoms with E-state index in [2.05, 4.69) is 16.0 Å². The molecule has 3 unspecified atom stereocenters. The number of carboxylic acid groups (broad SMARTS) is 1. The first-order valence-electron chi connectivity index (χ1n) is 7.71. The highest BCUT2D eigenvalue weighted by Crippen LogP contribution is 2.03. The summed E-state index contributed by atoms with van der Waals surface area (Å²) >= 11 is 1.45. The van der Waals surface area contributed by atoms with Crippen molar-refractivity contribution >= 4 is 41.4 Å². The Kier molecular flexibility index (Phi) is 11.0. The van der Waals surface area contributed by atoms with Gasteiger partial charge >= 0.3 is 5.97 Å². The zero-order valence-corrected chi connectivity index (χ0v) is 15.4. The highest BCUT2D eigenvalue weighted by Gasteiger charge is 2.26. The Labute approximate surface area is 155 Å². The van der Waals surface area contributed by atoms with E-state index in [9.17, 15) is 24.0 Å². The van der Waals surface area contributed by atoms with Crippen molar-refractivity contribution in [3.8, 4) is 0 Å². The van der Waals surface area contributed by atoms with Gasteiger partial charge in [0.15, 0.2) is 0 Å². The molecular weight excluding hydrogens is 366 g/mol. The molecule has 0 aromatic carbocycles. The molecule has 3 atom stereocenters. The highest BCUT2D eigenvalue weighted by atomic mass is 32.2. The Morgan fingerprint density at radius 2 is 1.69 bits per heavy atom. The maximum absolute atomic E-state index is 12.3. The Bertz CT molecular complexity index is 544. The first-order valence-corrected chi connectivity index (χ1v) is 9.10. The van der Waals surface area contributed by atoms with Crippen LogP contribution in [0.5, 0.6) is 0 Å². The molecule has 0 aliphatic heterocycles. The lowest BCUT2D eigenvalue weighted by Gasteiger charge is -2.22. The fourth-order valence-corrected chi connectivity index (χ4v) is 2.26. The minimum absolute atomic E-state index is 0.269. The van der Waals surface area contributed by atoms with Gasteiger partial charge in [-0.15, -0.1) is 0 Å². The molecule has 11 nitrogen and oxygen atoms in total. The molecule has 0 heterocycles. The third-order valence-electron chi connectivity index (χ3n) is 3.17. The number of rotatable bonds is 12. The quantitative estimate of drug-likeness (QED) is 0.204. The van der Waals surface area contributed by atoms with E-state index in [4.69, 9.17) is 16.6 Å². The predicted octanol–water partition coefficient (Wildman–Crippen LogP) is -2.87. The Morgan fingerprint density at radius 1 is 1.08 bits per heavy atom. The molecule has 26 heavy (non-hydrogen) atoms. The van der Waals surface area contributed by atoms with E-state index in [1.165, 1.54) is 18.7 Å². The monoisotopic (exact) mass is 391 g/mol. The topological polar surface area (TPSA) is 194 Å². The Balaban J connectivity index is 4.81. The molecule has 0 saturated heterocycles. The normalized spacial score (nSPS) is 13.8. The number of nitrogens with one attached hydrogen (secondary N) is 3. The van der Waals surface area contributed by atoms with E-state index < -0.39 is 54.3 Å². The second-order valence-electron chi connectivity index (χ2n) is 5.46. The SMILES string of the molecule is CSCCC(NC(=O)C(N)CC(N)=O)C(=O)NC(C)C(=O)NCC(=O)O. The lowest BCUT2D eigenvalue weighted by molar-refractivity contribution is -0.138. The zero-order chi connectivity index (χ0) is 20.3. The summed E-state index contributed by atoms with van der Waals surface area (Å²) in [6.45, 7) is 0.801. The molecule has 0 aliphatic rings. The van der Waals surface area contributed by atoms with Gasteiger partial charge in [-0.05, 0) is 25.4 Å². The summed E-state index contributed by atoms with van der Waals surface area (Å²) < 4.78 is 0. The molecule has 0 aromatic rings. The average molecular weight is 391 g/mol. The van der Waals surface area contributed by atoms with Gasteiger partial charge in [-0.3, -0.25) is 24.0 Å². The van der Waals surface area contributed by atoms with Crippen LogP contribution >= 0.6 is 11.8 Å². The van der Waals surface area contributed by atoms with Crippen molar-refractivity contribution in [2.24, 2.45) is 11.5 Å². The minimum Gasteiger partial charge on any atom is -0.480 e. The van der Waals surface area contributed by atoms with Crippen LogP contribution in [-0.2, 0) is 24.0 Å². The number of primary amides is 1. The van der Waals surface area contributed by atoms with Gasteiger partial charge in [0.2, 0.25) is 23.6 Å². The summed E-state index contributed by atoms with van der Waals surface area (Å²) in [5.41, 5.74) is 10.5. The van der Waals surface area contributed by atoms with Gasteiger partial charge in [-0.2, -0.15) is 11.8 Å². The number of hydrogen-bond donors (Lipinski definition) is 6. The average Bonchev–Trinajstić information content (AvgIpc) is 2.54. The molecule has 0 rings (SSSR count). The fraction of sp³-hybridized carbons (Fsp3) is 0.643. The number of carbonyl (C=O) groups is 5. The molecule has 4 amide bonds. The maximum atomic E-state index is 12.3. The standard InChI is InChI=1S/C14H25N5O6S/c1-7(12(23)17-6-11(21)22)18-14(25)9(3-4-26-2)19-13(24)8(15)5-10(16)20/h7-9H,3-6,15H2,1-2H3,(H2,16,20)(H,17,23)(H,18,25)(H,19,24)(H,21,22). The number of carbonyl (C=O) groups excluding carboxylic acids is 4. The van der Waals surface area contributed by atoms with Crippen LogP contribution in [-0.4, -0.2) is 71.4 Å². The van der Waals surface area contributed by atoms with E-state index in [0.717, 1.165) is 0 Å². The van der Waals surface area contributed by atoms with Crippen LogP contribution in [0.15, 0.2) is 0 Å². The molecule has 0 radical (unpaired) electrons. The van der Waals surface area contributed by atoms with E-state index in [0.29, 0.717) is 5.75 Å². The van der Waals surface area contributed by atoms with Crippen LogP contribution in [0.4, 0.5) is 0 Å². The first-order chi connectivity index (χ1) is 12.1. The van der Waals surface area contributed by atoms with Crippen molar-refractivity contribution in [2.45, 2.75) is 37.9 Å². The fourth-order valence-electron chi connectivity index (χ4n) is 1.79. The van der Waals surface area contributed by atoms with Crippen LogP contribution < -0.4 is 27.4 Å². The van der Waals surface area contributed by atoms with Gasteiger partial charge in [0, 0.05) is 0 Å². The lowest BCUT2D eigenvalue weighted by atomic mass is 10.1. The van der Waals surface area contributed by atoms with Crippen molar-refractivity contribution in [1.29, 1.82) is 0 Å². The molecule has 0 saturated carbocycles. The number of aliphatic carboxylic acids is 1. The third kappa shape index (κ3) is 9.84. The summed E-state index contributed by atoms with van der Waals surface area (Å²) in [7, 11) is 0. The number of thioether (sulfide) groups is 1. The summed E-state index contributed by atoms with van der Waals surface area (Å²) in [5.74, 6) is -3.44. The second kappa shape index (κ2) is 12.1. The van der Waals surface area contributed by atoms with E-state index >= 15 is 0 Å². The molecule has 0 aromatic heterocycles. The van der Waals surface area contributed by atoms with E-state index in [1.54, 1.807) is 0 Å². The Morgan fingerprint density at radius 3 is 2.19 bits per heavy atom. The predicted molar refractivity (Wildman–Crippen MR) is 95.0 cm³/mol. The van der Waals surface area contributed by atoms with Crippen molar-refractivity contribution in [2.75, 3.05) is 18.6 Å². The summed E-state index contributed by atoms with van der Waals surface area (Å²) in [5, 5.41) is 15.5. The molecule has 0 bridgehead atoms. The summed E-state index contributed by atoms with van der Waals surface area (Å²) in [6.07, 6.45) is 1.72. The molecule has 0 fully saturated rings. The summed E-state index contributed by atoms with van der Waals surface area (Å²) in [6, 6.07) is -3.16. The van der Waals surface area contributed by atoms with Gasteiger partial charge in [-0.1, -0.05) is 0 Å². The number of hydrogen-bond acceptors (Lipinski definition) is 7. The molecule has 8 N–H and O–H groups in total. The van der Waals surface area contributed by atoms with Crippen molar-refractivity contribution in [1.82, 2.24) is 16.0 Å². The minimum atomic E-state index is -1.22. The van der Waals surface area contributed by atoms with Crippen LogP contribution in [0.1, 0.15) is 19.8 Å². The lowest BCUT2D eigenvalue weighted by Crippen LogP contribution is -2.55. The van der Waals surface area contributed by atoms with Crippen molar-refractivity contribution in [3.63, 3.8) is 0 Å². The Hall–Kier alpha value is -2.34. The van der Waals surface area contributed by atoms with Gasteiger partial charge in [0.25, 0.3) is 0 Å². The van der Waals surface area contributed by atoms with Gasteiger partial charge in [-0.25, -0.2) is 0 Å². The first kappa shape index (κ1) is 23.7. The van der Waals surface area contributed by atoms with Crippen LogP contribution in [0.3, 0.4) is 0 Å². The van der Waals surface area contributed by atoms with Crippen molar-refractivity contribution < 1.29 is 29.1 Å². The molecular formula is C14H25N5O6S. The van der Waals surface area contributed by atoms with E-state index in [-0.39, 0.29) is 12.8 Å². The maximum Gasteiger partial charge on any atom is 0.322 e. The zero-order valence-electron chi connectivity index (χ0n) is 14.6. The van der Waals surface area contributed by atoms with Crippen LogP contribution in [0, 0.1) is 0 Å². The van der Waals surface area contributed by atoms with Gasteiger partial charge in [0.05, 0.1) is 12.5 Å². The highest BCUT2D eigenvalue weighted by molar-refractivity contribution is 7.98. The third-order valence-corrected chi connectivity index (χ3v) is 3.81. The van der Waals surface area contributed by atoms with Crippen LogP contribution in [0.2, 0.25) is 0 Å². The summed E-state index contributed by atoms with van der Waals surface area (Å²) in [4.78, 5) is 57.3. The van der Waals surface area contributed by atoms with Gasteiger partial charge in [0.1, 0.15) is 18.6 Å². The number of amides is 4. The van der Waals surface area contributed by atoms with Crippen LogP contribution in [0.25, 0.3) is 0 Å². The smallest absolute Gasteiger partial charge is 0.322 e. The molecule has 148 valence electrons. The molecule has 0 aliphatic carbocycles. The van der Waals surface area contributed by atoms with E-state index in [1.807, 2.05) is 6.26 Å². The molecule has 12 heteroatoms. The van der Waals surface area contributed by atoms with Crippen molar-refractivity contribution in [3.05, 3.63) is 0 Å². The molecule has 0 spiro atoms. The van der Waals surface area contributed by atoms with Gasteiger partial charge < -0.3 is 32.5 Å². The largest absolute Gasteiger partial charge is 0.480 e. The second-order valence-corrected chi connectivity index (χ2v) is 6.45. The number of nitrogens with two attached hydrogens (primary N) is 2.